The lowest BCUT2D eigenvalue weighted by molar-refractivity contribution is -0.209. The molecule has 0 fully saturated rings. The molecule has 7 nitrogen and oxygen atoms in total. The highest BCUT2D eigenvalue weighted by atomic mass is 32.1. The van der Waals surface area contributed by atoms with Crippen LogP contribution < -0.4 is 5.73 Å². The maximum absolute atomic E-state index is 12.8. The van der Waals surface area contributed by atoms with Crippen molar-refractivity contribution in [3.05, 3.63) is 64.4 Å². The second-order valence-electron chi connectivity index (χ2n) is 7.37. The minimum atomic E-state index is -5.16. The van der Waals surface area contributed by atoms with Gasteiger partial charge in [0.2, 0.25) is 5.60 Å². The largest absolute Gasteiger partial charge is 0.490 e. The van der Waals surface area contributed by atoms with Crippen LogP contribution in [-0.2, 0) is 15.1 Å². The van der Waals surface area contributed by atoms with E-state index in [2.05, 4.69) is 31.8 Å². The number of nitrogens with two attached hydrogens (primary N) is 1. The fourth-order valence-corrected chi connectivity index (χ4v) is 3.74. The van der Waals surface area contributed by atoms with E-state index in [1.54, 1.807) is 42.0 Å². The summed E-state index contributed by atoms with van der Waals surface area (Å²) < 4.78 is 43.2. The number of thiazole rings is 1. The third-order valence-corrected chi connectivity index (χ3v) is 5.76. The van der Waals surface area contributed by atoms with E-state index in [-0.39, 0.29) is 10.8 Å². The summed E-state index contributed by atoms with van der Waals surface area (Å²) in [7, 11) is 0. The number of rotatable bonds is 3. The highest BCUT2D eigenvalue weighted by Crippen LogP contribution is 2.30. The van der Waals surface area contributed by atoms with Crippen LogP contribution >= 0.6 is 11.3 Å². The van der Waals surface area contributed by atoms with Crippen molar-refractivity contribution in [2.75, 3.05) is 5.73 Å². The summed E-state index contributed by atoms with van der Waals surface area (Å²) in [5, 5.41) is 2.44. The number of hydrogen-bond donors (Lipinski definition) is 1. The Morgan fingerprint density at radius 3 is 2.68 bits per heavy atom. The lowest BCUT2D eigenvalue weighted by atomic mass is 10.1. The summed E-state index contributed by atoms with van der Waals surface area (Å²) in [5.41, 5.74) is 6.52. The van der Waals surface area contributed by atoms with Crippen molar-refractivity contribution in [2.24, 2.45) is 0 Å². The van der Waals surface area contributed by atoms with Gasteiger partial charge in [0, 0.05) is 40.5 Å². The van der Waals surface area contributed by atoms with Gasteiger partial charge in [0.15, 0.2) is 5.82 Å². The maximum Gasteiger partial charge on any atom is 0.490 e. The van der Waals surface area contributed by atoms with Crippen LogP contribution in [0.3, 0.4) is 0 Å². The number of hydrogen-bond acceptors (Lipinski definition) is 8. The Morgan fingerprint density at radius 1 is 1.18 bits per heavy atom. The van der Waals surface area contributed by atoms with Gasteiger partial charge in [-0.15, -0.1) is 11.3 Å². The van der Waals surface area contributed by atoms with Gasteiger partial charge in [-0.2, -0.15) is 13.2 Å². The molecule has 2 N–H and O–H groups in total. The fraction of sp³-hybridized carbons (Fsp3) is 0.174. The van der Waals surface area contributed by atoms with Gasteiger partial charge in [-0.25, -0.2) is 24.7 Å². The highest BCUT2D eigenvalue weighted by Gasteiger charge is 2.46. The second kappa shape index (κ2) is 8.72. The molecule has 4 aromatic rings. The summed E-state index contributed by atoms with van der Waals surface area (Å²) in [5.74, 6) is 3.70. The molecule has 0 saturated heterocycles. The number of nitrogens with zero attached hydrogens (tertiary/aromatic N) is 4. The molecule has 0 bridgehead atoms. The zero-order valence-electron chi connectivity index (χ0n) is 17.8. The molecule has 0 aliphatic heterocycles. The van der Waals surface area contributed by atoms with Gasteiger partial charge in [-0.3, -0.25) is 0 Å². The number of fused-ring (bicyclic) bond motifs is 1. The molecule has 3 heterocycles. The smallest absolute Gasteiger partial charge is 0.432 e. The molecule has 0 aliphatic carbocycles. The standard InChI is InChI=1S/C23H16F3N5O2S/c1-13-11-29-18(27)17-16(13)12-30-19(31-17)15-5-3-4-14(10-15)6-7-22(2,20-28-8-9-34-20)33-21(32)23(24,25)26/h3-5,8-12H,1-2H3,(H2,27,29)/t22-/m1/s1. The predicted molar refractivity (Wildman–Crippen MR) is 120 cm³/mol. The molecule has 34 heavy (non-hydrogen) atoms. The van der Waals surface area contributed by atoms with Crippen molar-refractivity contribution in [3.63, 3.8) is 0 Å². The number of aromatic nitrogens is 4. The Kier molecular flexibility index (Phi) is 5.93. The van der Waals surface area contributed by atoms with Gasteiger partial charge in [0.25, 0.3) is 0 Å². The monoisotopic (exact) mass is 483 g/mol. The van der Waals surface area contributed by atoms with Crippen LogP contribution in [0.2, 0.25) is 0 Å². The number of carbonyl (C=O) groups excluding carboxylic acids is 1. The SMILES string of the molecule is Cc1cnc(N)c2nc(-c3cccc(C#C[C@@](C)(OC(=O)C(F)(F)F)c4nccs4)c3)ncc12. The fourth-order valence-electron chi connectivity index (χ4n) is 3.05. The molecule has 3 aromatic heterocycles. The molecule has 0 spiro atoms. The van der Waals surface area contributed by atoms with Gasteiger partial charge in [-0.05, 0) is 37.5 Å². The van der Waals surface area contributed by atoms with Crippen LogP contribution in [-0.4, -0.2) is 32.1 Å². The number of benzene rings is 1. The summed E-state index contributed by atoms with van der Waals surface area (Å²) in [6.45, 7) is 3.13. The Labute approximate surface area is 195 Å². The molecule has 0 saturated carbocycles. The zero-order valence-corrected chi connectivity index (χ0v) is 18.7. The molecular weight excluding hydrogens is 467 g/mol. The first-order valence-corrected chi connectivity index (χ1v) is 10.7. The topological polar surface area (TPSA) is 104 Å². The molecule has 11 heteroatoms. The first-order valence-electron chi connectivity index (χ1n) is 9.78. The Balaban J connectivity index is 1.71. The van der Waals surface area contributed by atoms with Crippen molar-refractivity contribution in [3.8, 4) is 23.2 Å². The van der Waals surface area contributed by atoms with Crippen molar-refractivity contribution < 1.29 is 22.7 Å². The lowest BCUT2D eigenvalue weighted by Crippen LogP contribution is -2.35. The van der Waals surface area contributed by atoms with E-state index in [0.717, 1.165) is 22.3 Å². The molecular formula is C23H16F3N5O2S. The van der Waals surface area contributed by atoms with E-state index in [0.29, 0.717) is 22.5 Å². The van der Waals surface area contributed by atoms with E-state index in [9.17, 15) is 18.0 Å². The van der Waals surface area contributed by atoms with Gasteiger partial charge < -0.3 is 10.5 Å². The quantitative estimate of drug-likeness (QED) is 0.340. The Morgan fingerprint density at radius 2 is 1.97 bits per heavy atom. The molecule has 0 radical (unpaired) electrons. The van der Waals surface area contributed by atoms with Crippen molar-refractivity contribution in [1.82, 2.24) is 19.9 Å². The molecule has 4 rings (SSSR count). The minimum absolute atomic E-state index is 0.116. The van der Waals surface area contributed by atoms with Crippen LogP contribution in [0.15, 0.2) is 48.2 Å². The van der Waals surface area contributed by atoms with Crippen molar-refractivity contribution in [1.29, 1.82) is 0 Å². The van der Waals surface area contributed by atoms with E-state index in [4.69, 9.17) is 10.5 Å². The first-order chi connectivity index (χ1) is 16.1. The third-order valence-electron chi connectivity index (χ3n) is 4.79. The lowest BCUT2D eigenvalue weighted by Gasteiger charge is -2.22. The molecule has 0 amide bonds. The van der Waals surface area contributed by atoms with E-state index >= 15 is 0 Å². The normalized spacial score (nSPS) is 13.1. The van der Waals surface area contributed by atoms with Crippen LogP contribution in [0.25, 0.3) is 22.3 Å². The molecule has 0 aliphatic rings. The molecule has 1 atom stereocenters. The summed E-state index contributed by atoms with van der Waals surface area (Å²) in [6.07, 6.45) is -0.481. The number of esters is 1. The van der Waals surface area contributed by atoms with E-state index in [1.165, 1.54) is 13.1 Å². The van der Waals surface area contributed by atoms with Crippen LogP contribution in [0.1, 0.15) is 23.1 Å². The number of carbonyl (C=O) groups is 1. The number of aryl methyl sites for hydroxylation is 1. The van der Waals surface area contributed by atoms with E-state index in [1.807, 2.05) is 6.92 Å². The zero-order chi connectivity index (χ0) is 24.5. The first kappa shape index (κ1) is 23.1. The summed E-state index contributed by atoms with van der Waals surface area (Å²) in [4.78, 5) is 28.5. The van der Waals surface area contributed by atoms with Gasteiger partial charge >= 0.3 is 12.1 Å². The Hall–Kier alpha value is -4.04. The number of ether oxygens (including phenoxy) is 1. The molecule has 1 aromatic carbocycles. The predicted octanol–water partition coefficient (Wildman–Crippen LogP) is 4.41. The molecule has 0 unspecified atom stereocenters. The van der Waals surface area contributed by atoms with Crippen LogP contribution in [0.5, 0.6) is 0 Å². The second-order valence-corrected chi connectivity index (χ2v) is 8.27. The third kappa shape index (κ3) is 4.67. The average molecular weight is 483 g/mol. The number of halogens is 3. The number of anilines is 1. The number of pyridine rings is 1. The van der Waals surface area contributed by atoms with Gasteiger partial charge in [0.1, 0.15) is 16.3 Å². The van der Waals surface area contributed by atoms with Gasteiger partial charge in [0.05, 0.1) is 0 Å². The summed E-state index contributed by atoms with van der Waals surface area (Å²) in [6, 6.07) is 6.79. The molecule has 172 valence electrons. The summed E-state index contributed by atoms with van der Waals surface area (Å²) >= 11 is 1.03. The van der Waals surface area contributed by atoms with Crippen LogP contribution in [0, 0.1) is 18.8 Å². The van der Waals surface area contributed by atoms with Crippen molar-refractivity contribution in [2.45, 2.75) is 25.6 Å². The van der Waals surface area contributed by atoms with Gasteiger partial charge in [-0.1, -0.05) is 18.1 Å². The van der Waals surface area contributed by atoms with Crippen LogP contribution in [0.4, 0.5) is 19.0 Å². The minimum Gasteiger partial charge on any atom is -0.432 e. The number of alkyl halides is 3. The van der Waals surface area contributed by atoms with E-state index < -0.39 is 17.7 Å². The Bertz CT molecular complexity index is 1440. The highest BCUT2D eigenvalue weighted by molar-refractivity contribution is 7.09. The average Bonchev–Trinajstić information content (AvgIpc) is 3.36. The maximum atomic E-state index is 12.8. The number of nitrogen functional groups attached to an aromatic ring is 1. The van der Waals surface area contributed by atoms with Crippen molar-refractivity contribution >= 4 is 34.0 Å².